The fourth-order valence-electron chi connectivity index (χ4n) is 5.50. The van der Waals surface area contributed by atoms with Crippen molar-refractivity contribution in [3.63, 3.8) is 0 Å². The molecule has 2 aromatic rings. The van der Waals surface area contributed by atoms with Gasteiger partial charge in [-0.2, -0.15) is 17.7 Å². The van der Waals surface area contributed by atoms with Crippen LogP contribution < -0.4 is 4.74 Å². The van der Waals surface area contributed by atoms with Crippen molar-refractivity contribution in [1.29, 1.82) is 0 Å². The SMILES string of the molecule is CCCCCCCC(CCCCCCCCC1c2ccc(O)cc2OC[C-]1c1ccc(O)cc1)C(=O)O.[Pr]. The van der Waals surface area contributed by atoms with Crippen molar-refractivity contribution in [2.45, 2.75) is 103 Å². The standard InChI is InChI=1S/C32H45O5.Pr/c1-2-3-4-7-10-13-25(32(35)36)14-11-8-5-6-9-12-15-28-29-21-20-27(34)22-31(29)37-23-30(28)24-16-18-26(33)19-17-24;/h16-22,25,28,33-34H,2-15,23H2,1H3,(H,35,36);/q-1;. The van der Waals surface area contributed by atoms with Crippen LogP contribution in [-0.2, 0) is 4.79 Å². The molecule has 1 aliphatic heterocycles. The third kappa shape index (κ3) is 10.6. The minimum absolute atomic E-state index is 0. The minimum atomic E-state index is -0.624. The summed E-state index contributed by atoms with van der Waals surface area (Å²) >= 11 is 0. The smallest absolute Gasteiger partial charge is 0.306 e. The molecule has 1 radical (unpaired) electrons. The Labute approximate surface area is 262 Å². The first kappa shape index (κ1) is 32.8. The summed E-state index contributed by atoms with van der Waals surface area (Å²) in [6.07, 6.45) is 15.2. The monoisotopic (exact) mass is 650 g/mol. The summed E-state index contributed by atoms with van der Waals surface area (Å²) < 4.78 is 5.98. The largest absolute Gasteiger partial charge is 0.510 e. The average Bonchev–Trinajstić information content (AvgIpc) is 2.89. The van der Waals surface area contributed by atoms with Gasteiger partial charge in [-0.15, -0.1) is 5.92 Å². The number of rotatable bonds is 17. The zero-order chi connectivity index (χ0) is 26.5. The van der Waals surface area contributed by atoms with Crippen LogP contribution in [0.3, 0.4) is 0 Å². The third-order valence-corrected chi connectivity index (χ3v) is 7.72. The van der Waals surface area contributed by atoms with Gasteiger partial charge in [0.1, 0.15) is 11.5 Å². The van der Waals surface area contributed by atoms with Gasteiger partial charge in [-0.05, 0) is 30.4 Å². The van der Waals surface area contributed by atoms with Crippen molar-refractivity contribution < 1.29 is 66.1 Å². The average molecular weight is 651 g/mol. The number of carbonyl (C=O) groups is 1. The van der Waals surface area contributed by atoms with E-state index in [0.29, 0.717) is 6.61 Å². The maximum atomic E-state index is 11.6. The van der Waals surface area contributed by atoms with Gasteiger partial charge in [-0.1, -0.05) is 102 Å². The van der Waals surface area contributed by atoms with Crippen LogP contribution in [0.2, 0.25) is 0 Å². The van der Waals surface area contributed by atoms with Crippen LogP contribution in [0.4, 0.5) is 0 Å². The number of fused-ring (bicyclic) bond motifs is 1. The second kappa shape index (κ2) is 18.0. The van der Waals surface area contributed by atoms with Gasteiger partial charge < -0.3 is 20.1 Å². The van der Waals surface area contributed by atoms with E-state index in [4.69, 9.17) is 4.74 Å². The summed E-state index contributed by atoms with van der Waals surface area (Å²) in [5.41, 5.74) is 2.20. The zero-order valence-electron chi connectivity index (χ0n) is 23.0. The molecule has 3 N–H and O–H groups in total. The van der Waals surface area contributed by atoms with Crippen LogP contribution in [0.25, 0.3) is 0 Å². The molecule has 0 amide bonds. The van der Waals surface area contributed by atoms with Crippen molar-refractivity contribution in [2.75, 3.05) is 6.61 Å². The quantitative estimate of drug-likeness (QED) is 0.118. The number of hydrogen-bond donors (Lipinski definition) is 3. The Morgan fingerprint density at radius 1 is 0.868 bits per heavy atom. The summed E-state index contributed by atoms with van der Waals surface area (Å²) in [5, 5.41) is 29.1. The van der Waals surface area contributed by atoms with E-state index in [1.165, 1.54) is 25.2 Å². The fraction of sp³-hybridized carbons (Fsp3) is 0.562. The Bertz CT molecular complexity index is 945. The molecule has 0 spiro atoms. The van der Waals surface area contributed by atoms with Crippen LogP contribution in [0.15, 0.2) is 42.5 Å². The molecule has 0 saturated carbocycles. The predicted molar refractivity (Wildman–Crippen MR) is 148 cm³/mol. The van der Waals surface area contributed by atoms with E-state index in [2.05, 4.69) is 6.92 Å². The number of aromatic hydroxyl groups is 2. The van der Waals surface area contributed by atoms with E-state index in [1.807, 2.05) is 18.2 Å². The molecule has 0 saturated heterocycles. The molecule has 2 aromatic carbocycles. The van der Waals surface area contributed by atoms with Crippen LogP contribution in [-0.4, -0.2) is 27.9 Å². The number of carboxylic acid groups (broad SMARTS) is 1. The third-order valence-electron chi connectivity index (χ3n) is 7.72. The van der Waals surface area contributed by atoms with E-state index in [0.717, 1.165) is 87.5 Å². The van der Waals surface area contributed by atoms with Crippen LogP contribution in [0.5, 0.6) is 17.2 Å². The van der Waals surface area contributed by atoms with Crippen LogP contribution in [0.1, 0.15) is 114 Å². The van der Waals surface area contributed by atoms with E-state index in [1.54, 1.807) is 24.3 Å². The van der Waals surface area contributed by atoms with Crippen molar-refractivity contribution in [1.82, 2.24) is 0 Å². The second-order valence-corrected chi connectivity index (χ2v) is 10.6. The first-order chi connectivity index (χ1) is 18.0. The second-order valence-electron chi connectivity index (χ2n) is 10.6. The number of unbranched alkanes of at least 4 members (excludes halogenated alkanes) is 9. The summed E-state index contributed by atoms with van der Waals surface area (Å²) in [6.45, 7) is 2.68. The molecule has 1 heterocycles. The number of hydrogen-bond acceptors (Lipinski definition) is 4. The van der Waals surface area contributed by atoms with Gasteiger partial charge in [0.05, 0.1) is 18.3 Å². The molecular formula is C32H45O5Pr-. The molecule has 2 atom stereocenters. The van der Waals surface area contributed by atoms with Gasteiger partial charge in [-0.3, -0.25) is 4.79 Å². The van der Waals surface area contributed by atoms with Crippen molar-refractivity contribution in [3.8, 4) is 17.2 Å². The Balaban J connectivity index is 0.00000507. The molecule has 0 bridgehead atoms. The molecule has 0 fully saturated rings. The van der Waals surface area contributed by atoms with Gasteiger partial charge in [0.2, 0.25) is 0 Å². The van der Waals surface area contributed by atoms with Crippen molar-refractivity contribution in [3.05, 3.63) is 59.5 Å². The summed E-state index contributed by atoms with van der Waals surface area (Å²) in [7, 11) is 0. The van der Waals surface area contributed by atoms with Crippen LogP contribution >= 0.6 is 0 Å². The molecule has 5 nitrogen and oxygen atoms in total. The zero-order valence-corrected chi connectivity index (χ0v) is 26.7. The number of phenols is 2. The van der Waals surface area contributed by atoms with Gasteiger partial charge in [0, 0.05) is 47.4 Å². The number of ether oxygens (including phenoxy) is 1. The fourth-order valence-corrected chi connectivity index (χ4v) is 5.50. The summed E-state index contributed by atoms with van der Waals surface area (Å²) in [4.78, 5) is 11.6. The van der Waals surface area contributed by atoms with E-state index < -0.39 is 5.97 Å². The molecule has 0 aromatic heterocycles. The van der Waals surface area contributed by atoms with Crippen LogP contribution in [0, 0.1) is 53.1 Å². The first-order valence-electron chi connectivity index (χ1n) is 14.3. The Hall–Kier alpha value is -1.46. The topological polar surface area (TPSA) is 87.0 Å². The number of benzene rings is 2. The summed E-state index contributed by atoms with van der Waals surface area (Å²) in [6, 6.07) is 12.7. The maximum Gasteiger partial charge on any atom is 0.306 e. The number of carboxylic acids is 1. The Kier molecular flexibility index (Phi) is 15.5. The number of aliphatic carboxylic acids is 1. The van der Waals surface area contributed by atoms with E-state index in [9.17, 15) is 20.1 Å². The van der Waals surface area contributed by atoms with E-state index in [-0.39, 0.29) is 64.6 Å². The molecule has 6 heteroatoms. The predicted octanol–water partition coefficient (Wildman–Crippen LogP) is 8.38. The molecule has 207 valence electrons. The Morgan fingerprint density at radius 3 is 2.08 bits per heavy atom. The van der Waals surface area contributed by atoms with Gasteiger partial charge >= 0.3 is 5.97 Å². The molecule has 3 rings (SSSR count). The summed E-state index contributed by atoms with van der Waals surface area (Å²) in [5.74, 6) is 1.86. The van der Waals surface area contributed by atoms with E-state index >= 15 is 0 Å². The Morgan fingerprint density at radius 2 is 1.45 bits per heavy atom. The normalized spacial score (nSPS) is 15.3. The van der Waals surface area contributed by atoms with Gasteiger partial charge in [-0.25, -0.2) is 0 Å². The minimum Gasteiger partial charge on any atom is -0.510 e. The van der Waals surface area contributed by atoms with Crippen molar-refractivity contribution in [2.24, 2.45) is 5.92 Å². The molecular weight excluding hydrogens is 605 g/mol. The molecule has 0 aliphatic carbocycles. The molecule has 1 aliphatic rings. The number of phenolic OH excluding ortho intramolecular Hbond substituents is 2. The first-order valence-corrected chi connectivity index (χ1v) is 14.3. The van der Waals surface area contributed by atoms with Gasteiger partial charge in [0.15, 0.2) is 0 Å². The maximum absolute atomic E-state index is 11.6. The van der Waals surface area contributed by atoms with Gasteiger partial charge in [0.25, 0.3) is 0 Å². The van der Waals surface area contributed by atoms with Crippen molar-refractivity contribution >= 4 is 5.97 Å². The molecule has 2 unspecified atom stereocenters. The molecule has 38 heavy (non-hydrogen) atoms.